The molecule has 9 nitrogen and oxygen atoms in total. The van der Waals surface area contributed by atoms with Crippen molar-refractivity contribution in [2.75, 3.05) is 31.5 Å². The Kier molecular flexibility index (Phi) is 5.85. The number of aliphatic carboxylic acids is 1. The van der Waals surface area contributed by atoms with Crippen LogP contribution in [0.3, 0.4) is 0 Å². The van der Waals surface area contributed by atoms with Crippen molar-refractivity contribution in [3.63, 3.8) is 0 Å². The van der Waals surface area contributed by atoms with Crippen LogP contribution in [0.4, 0.5) is 10.5 Å². The number of rotatable bonds is 8. The van der Waals surface area contributed by atoms with Gasteiger partial charge in [0, 0.05) is 44.1 Å². The SMILES string of the molecule is O=C(O)CC(c1cnc2ccoc2c1)N1CCN(CCCc2ccc3c(n2)CCCN3)C1=O. The van der Waals surface area contributed by atoms with Crippen LogP contribution in [0, 0.1) is 0 Å². The first kappa shape index (κ1) is 21.2. The molecule has 2 aliphatic heterocycles. The van der Waals surface area contributed by atoms with Crippen LogP contribution in [0.15, 0.2) is 41.1 Å². The molecule has 0 aliphatic carbocycles. The quantitative estimate of drug-likeness (QED) is 0.542. The fourth-order valence-electron chi connectivity index (χ4n) is 4.68. The van der Waals surface area contributed by atoms with Gasteiger partial charge in [0.2, 0.25) is 0 Å². The van der Waals surface area contributed by atoms with Gasteiger partial charge in [0.25, 0.3) is 0 Å². The van der Waals surface area contributed by atoms with E-state index in [2.05, 4.69) is 22.4 Å². The predicted octanol–water partition coefficient (Wildman–Crippen LogP) is 3.47. The molecular formula is C24H27N5O4. The summed E-state index contributed by atoms with van der Waals surface area (Å²) >= 11 is 0. The number of anilines is 1. The molecule has 1 saturated heterocycles. The number of nitrogens with zero attached hydrogens (tertiary/aromatic N) is 4. The minimum atomic E-state index is -0.959. The standard InChI is InChI=1S/C24H27N5O4/c30-23(31)14-21(16-13-22-20(26-15-16)7-12-33-22)29-11-10-28(24(29)32)9-2-3-17-5-6-18-19(27-17)4-1-8-25-18/h5-7,12-13,15,21,25H,1-4,8-11,14H2,(H,30,31). The lowest BCUT2D eigenvalue weighted by Crippen LogP contribution is -2.36. The van der Waals surface area contributed by atoms with Gasteiger partial charge in [-0.1, -0.05) is 0 Å². The highest BCUT2D eigenvalue weighted by Gasteiger charge is 2.35. The first-order valence-electron chi connectivity index (χ1n) is 11.4. The van der Waals surface area contributed by atoms with E-state index in [1.54, 1.807) is 34.4 Å². The monoisotopic (exact) mass is 449 g/mol. The molecule has 0 spiro atoms. The second kappa shape index (κ2) is 9.09. The zero-order chi connectivity index (χ0) is 22.8. The zero-order valence-corrected chi connectivity index (χ0v) is 18.4. The van der Waals surface area contributed by atoms with E-state index in [1.165, 1.54) is 0 Å². The van der Waals surface area contributed by atoms with Crippen LogP contribution in [0.5, 0.6) is 0 Å². The van der Waals surface area contributed by atoms with Gasteiger partial charge in [0.15, 0.2) is 5.58 Å². The number of urea groups is 1. The van der Waals surface area contributed by atoms with E-state index in [-0.39, 0.29) is 12.5 Å². The molecule has 0 bridgehead atoms. The van der Waals surface area contributed by atoms with Gasteiger partial charge in [-0.25, -0.2) is 4.79 Å². The van der Waals surface area contributed by atoms with Crippen molar-refractivity contribution in [3.05, 3.63) is 53.7 Å². The second-order valence-corrected chi connectivity index (χ2v) is 8.58. The van der Waals surface area contributed by atoms with Gasteiger partial charge in [-0.05, 0) is 49.4 Å². The molecule has 1 atom stereocenters. The average Bonchev–Trinajstić information content (AvgIpc) is 3.43. The lowest BCUT2D eigenvalue weighted by Gasteiger charge is -2.27. The van der Waals surface area contributed by atoms with Crippen LogP contribution < -0.4 is 5.32 Å². The Morgan fingerprint density at radius 2 is 2.18 bits per heavy atom. The molecule has 0 aromatic carbocycles. The second-order valence-electron chi connectivity index (χ2n) is 8.58. The summed E-state index contributed by atoms with van der Waals surface area (Å²) in [7, 11) is 0. The average molecular weight is 450 g/mol. The number of amides is 2. The van der Waals surface area contributed by atoms with E-state index < -0.39 is 12.0 Å². The summed E-state index contributed by atoms with van der Waals surface area (Å²) in [4.78, 5) is 37.3. The third kappa shape index (κ3) is 4.48. The van der Waals surface area contributed by atoms with E-state index in [0.29, 0.717) is 36.3 Å². The normalized spacial score (nSPS) is 16.7. The lowest BCUT2D eigenvalue weighted by atomic mass is 10.0. The molecule has 3 aromatic heterocycles. The molecule has 9 heteroatoms. The Balaban J connectivity index is 1.23. The van der Waals surface area contributed by atoms with Crippen LogP contribution >= 0.6 is 0 Å². The smallest absolute Gasteiger partial charge is 0.320 e. The number of hydrogen-bond donors (Lipinski definition) is 2. The molecule has 0 saturated carbocycles. The number of hydrogen-bond acceptors (Lipinski definition) is 6. The number of nitrogens with one attached hydrogen (secondary N) is 1. The Labute approximate surface area is 191 Å². The molecule has 5 heterocycles. The third-order valence-electron chi connectivity index (χ3n) is 6.38. The molecule has 1 fully saturated rings. The number of furan rings is 1. The van der Waals surface area contributed by atoms with Crippen LogP contribution in [-0.4, -0.2) is 63.1 Å². The van der Waals surface area contributed by atoms with Crippen molar-refractivity contribution in [1.82, 2.24) is 19.8 Å². The molecule has 3 aromatic rings. The molecule has 1 unspecified atom stereocenters. The van der Waals surface area contributed by atoms with Crippen LogP contribution in [0.2, 0.25) is 0 Å². The third-order valence-corrected chi connectivity index (χ3v) is 6.38. The van der Waals surface area contributed by atoms with Gasteiger partial charge < -0.3 is 24.6 Å². The maximum Gasteiger partial charge on any atom is 0.320 e. The van der Waals surface area contributed by atoms with E-state index >= 15 is 0 Å². The molecule has 172 valence electrons. The first-order chi connectivity index (χ1) is 16.1. The first-order valence-corrected chi connectivity index (χ1v) is 11.4. The molecule has 2 amide bonds. The minimum absolute atomic E-state index is 0.136. The summed E-state index contributed by atoms with van der Waals surface area (Å²) in [6.07, 6.45) is 6.71. The van der Waals surface area contributed by atoms with Crippen molar-refractivity contribution < 1.29 is 19.1 Å². The van der Waals surface area contributed by atoms with Crippen molar-refractivity contribution in [2.24, 2.45) is 0 Å². The zero-order valence-electron chi connectivity index (χ0n) is 18.4. The maximum absolute atomic E-state index is 13.1. The summed E-state index contributed by atoms with van der Waals surface area (Å²) in [5.74, 6) is -0.959. The Bertz CT molecular complexity index is 1180. The lowest BCUT2D eigenvalue weighted by molar-refractivity contribution is -0.138. The van der Waals surface area contributed by atoms with Crippen LogP contribution in [0.25, 0.3) is 11.1 Å². The molecular weight excluding hydrogens is 422 g/mol. The summed E-state index contributed by atoms with van der Waals surface area (Å²) in [6, 6.07) is 6.96. The van der Waals surface area contributed by atoms with Gasteiger partial charge in [-0.2, -0.15) is 0 Å². The molecule has 2 aliphatic rings. The van der Waals surface area contributed by atoms with Crippen LogP contribution in [0.1, 0.15) is 42.3 Å². The number of aryl methyl sites for hydroxylation is 2. The van der Waals surface area contributed by atoms with Gasteiger partial charge in [-0.3, -0.25) is 14.8 Å². The molecule has 33 heavy (non-hydrogen) atoms. The number of carbonyl (C=O) groups excluding carboxylic acids is 1. The molecule has 2 N–H and O–H groups in total. The highest BCUT2D eigenvalue weighted by molar-refractivity contribution is 5.79. The maximum atomic E-state index is 13.1. The topological polar surface area (TPSA) is 112 Å². The largest absolute Gasteiger partial charge is 0.481 e. The van der Waals surface area contributed by atoms with Crippen molar-refractivity contribution in [3.8, 4) is 0 Å². The molecule has 0 radical (unpaired) electrons. The summed E-state index contributed by atoms with van der Waals surface area (Å²) in [5, 5.41) is 12.8. The fraction of sp³-hybridized carbons (Fsp3) is 0.417. The van der Waals surface area contributed by atoms with E-state index in [0.717, 1.165) is 49.3 Å². The number of aromatic nitrogens is 2. The number of pyridine rings is 2. The van der Waals surface area contributed by atoms with Gasteiger partial charge in [0.05, 0.1) is 30.1 Å². The number of carbonyl (C=O) groups is 2. The van der Waals surface area contributed by atoms with Crippen molar-refractivity contribution in [1.29, 1.82) is 0 Å². The Morgan fingerprint density at radius 3 is 3.06 bits per heavy atom. The molecule has 5 rings (SSSR count). The Morgan fingerprint density at radius 1 is 1.27 bits per heavy atom. The van der Waals surface area contributed by atoms with E-state index in [4.69, 9.17) is 9.40 Å². The van der Waals surface area contributed by atoms with Crippen LogP contribution in [-0.2, 0) is 17.6 Å². The summed E-state index contributed by atoms with van der Waals surface area (Å²) < 4.78 is 5.42. The van der Waals surface area contributed by atoms with E-state index in [1.807, 2.05) is 0 Å². The predicted molar refractivity (Wildman–Crippen MR) is 122 cm³/mol. The van der Waals surface area contributed by atoms with Gasteiger partial charge in [-0.15, -0.1) is 0 Å². The highest BCUT2D eigenvalue weighted by Crippen LogP contribution is 2.30. The minimum Gasteiger partial charge on any atom is -0.481 e. The Hall–Kier alpha value is -3.62. The highest BCUT2D eigenvalue weighted by atomic mass is 16.4. The number of carboxylic acid groups (broad SMARTS) is 1. The van der Waals surface area contributed by atoms with Gasteiger partial charge in [0.1, 0.15) is 5.52 Å². The summed E-state index contributed by atoms with van der Waals surface area (Å²) in [6.45, 7) is 2.67. The van der Waals surface area contributed by atoms with E-state index in [9.17, 15) is 14.7 Å². The van der Waals surface area contributed by atoms with Gasteiger partial charge >= 0.3 is 12.0 Å². The van der Waals surface area contributed by atoms with Crippen molar-refractivity contribution >= 4 is 28.8 Å². The number of carboxylic acids is 1. The number of fused-ring (bicyclic) bond motifs is 2. The fourth-order valence-corrected chi connectivity index (χ4v) is 4.68. The van der Waals surface area contributed by atoms with Crippen molar-refractivity contribution in [2.45, 2.75) is 38.1 Å². The summed E-state index contributed by atoms with van der Waals surface area (Å²) in [5.41, 5.74) is 5.25.